The summed E-state index contributed by atoms with van der Waals surface area (Å²) in [6.45, 7) is 0. The molecule has 0 bridgehead atoms. The summed E-state index contributed by atoms with van der Waals surface area (Å²) in [6, 6.07) is 10.1. The largest absolute Gasteiger partial charge is 0.468 e. The van der Waals surface area contributed by atoms with E-state index in [4.69, 9.17) is 9.68 Å². The van der Waals surface area contributed by atoms with Gasteiger partial charge in [-0.25, -0.2) is 4.39 Å². The molecule has 0 aliphatic rings. The Bertz CT molecular complexity index is 516. The van der Waals surface area contributed by atoms with Gasteiger partial charge in [0.15, 0.2) is 0 Å². The van der Waals surface area contributed by atoms with E-state index >= 15 is 0 Å². The molecule has 16 heavy (non-hydrogen) atoms. The summed E-state index contributed by atoms with van der Waals surface area (Å²) in [4.78, 5) is 0.638. The van der Waals surface area contributed by atoms with Crippen LogP contribution in [0.2, 0.25) is 0 Å². The number of hydrogen-bond acceptors (Lipinski definition) is 3. The number of nitriles is 1. The Morgan fingerprint density at radius 3 is 2.88 bits per heavy atom. The first-order valence-corrected chi connectivity index (χ1v) is 5.63. The van der Waals surface area contributed by atoms with E-state index in [-0.39, 0.29) is 5.56 Å². The van der Waals surface area contributed by atoms with E-state index in [2.05, 4.69) is 0 Å². The fraction of sp³-hybridized carbons (Fsp3) is 0.0833. The minimum atomic E-state index is -0.480. The maximum absolute atomic E-state index is 13.3. The van der Waals surface area contributed by atoms with Gasteiger partial charge in [0.25, 0.3) is 0 Å². The molecule has 2 rings (SSSR count). The lowest BCUT2D eigenvalue weighted by Gasteiger charge is -2.02. The maximum Gasteiger partial charge on any atom is 0.142 e. The lowest BCUT2D eigenvalue weighted by Crippen LogP contribution is -1.87. The third kappa shape index (κ3) is 2.26. The van der Waals surface area contributed by atoms with E-state index in [1.54, 1.807) is 24.5 Å². The molecule has 0 spiro atoms. The predicted octanol–water partition coefficient (Wildman–Crippen LogP) is 3.58. The number of thioether (sulfide) groups is 1. The molecule has 0 saturated heterocycles. The highest BCUT2D eigenvalue weighted by molar-refractivity contribution is 7.98. The Labute approximate surface area is 96.7 Å². The molecule has 0 saturated carbocycles. The van der Waals surface area contributed by atoms with Crippen molar-refractivity contribution in [2.45, 2.75) is 10.6 Å². The molecule has 4 heteroatoms. The summed E-state index contributed by atoms with van der Waals surface area (Å²) >= 11 is 1.39. The summed E-state index contributed by atoms with van der Waals surface area (Å²) in [7, 11) is 0. The van der Waals surface area contributed by atoms with Crippen LogP contribution in [0.25, 0.3) is 0 Å². The smallest absolute Gasteiger partial charge is 0.142 e. The van der Waals surface area contributed by atoms with Gasteiger partial charge in [-0.05, 0) is 24.3 Å². The van der Waals surface area contributed by atoms with Crippen molar-refractivity contribution in [3.05, 3.63) is 53.7 Å². The molecule has 1 aromatic heterocycles. The highest BCUT2D eigenvalue weighted by atomic mass is 32.2. The van der Waals surface area contributed by atoms with Gasteiger partial charge >= 0.3 is 0 Å². The zero-order chi connectivity index (χ0) is 11.4. The Morgan fingerprint density at radius 2 is 2.19 bits per heavy atom. The molecule has 0 radical (unpaired) electrons. The highest BCUT2D eigenvalue weighted by Crippen LogP contribution is 2.27. The Morgan fingerprint density at radius 1 is 1.31 bits per heavy atom. The fourth-order valence-corrected chi connectivity index (χ4v) is 2.20. The molecule has 0 aliphatic carbocycles. The van der Waals surface area contributed by atoms with Gasteiger partial charge in [-0.1, -0.05) is 6.07 Å². The Hall–Kier alpha value is -1.73. The lowest BCUT2D eigenvalue weighted by molar-refractivity contribution is 0.530. The van der Waals surface area contributed by atoms with E-state index < -0.39 is 5.82 Å². The predicted molar refractivity (Wildman–Crippen MR) is 59.4 cm³/mol. The van der Waals surface area contributed by atoms with Gasteiger partial charge in [0.1, 0.15) is 23.2 Å². The first-order chi connectivity index (χ1) is 7.81. The van der Waals surface area contributed by atoms with E-state index in [1.807, 2.05) is 12.1 Å². The maximum atomic E-state index is 13.3. The zero-order valence-corrected chi connectivity index (χ0v) is 9.13. The third-order valence-electron chi connectivity index (χ3n) is 2.04. The van der Waals surface area contributed by atoms with Crippen LogP contribution < -0.4 is 0 Å². The van der Waals surface area contributed by atoms with Crippen molar-refractivity contribution in [3.63, 3.8) is 0 Å². The van der Waals surface area contributed by atoms with Gasteiger partial charge in [-0.3, -0.25) is 0 Å². The first-order valence-electron chi connectivity index (χ1n) is 4.65. The zero-order valence-electron chi connectivity index (χ0n) is 8.31. The van der Waals surface area contributed by atoms with Crippen molar-refractivity contribution in [2.75, 3.05) is 0 Å². The van der Waals surface area contributed by atoms with Crippen LogP contribution in [0.5, 0.6) is 0 Å². The van der Waals surface area contributed by atoms with E-state index in [9.17, 15) is 4.39 Å². The van der Waals surface area contributed by atoms with E-state index in [1.165, 1.54) is 17.8 Å². The van der Waals surface area contributed by atoms with Crippen LogP contribution in [0.3, 0.4) is 0 Å². The number of nitrogens with zero attached hydrogens (tertiary/aromatic N) is 1. The van der Waals surface area contributed by atoms with Crippen molar-refractivity contribution in [2.24, 2.45) is 0 Å². The Balaban J connectivity index is 2.16. The molecule has 0 aliphatic heterocycles. The average Bonchev–Trinajstić information content (AvgIpc) is 2.79. The monoisotopic (exact) mass is 233 g/mol. The van der Waals surface area contributed by atoms with Crippen molar-refractivity contribution >= 4 is 11.8 Å². The standard InChI is InChI=1S/C12H8FNOS/c13-11-4-1-5-12(10(11)7-14)16-8-9-3-2-6-15-9/h1-6H,8H2. The molecular formula is C12H8FNOS. The van der Waals surface area contributed by atoms with Crippen molar-refractivity contribution in [1.29, 1.82) is 5.26 Å². The quantitative estimate of drug-likeness (QED) is 0.760. The molecule has 0 unspecified atom stereocenters. The van der Waals surface area contributed by atoms with Crippen molar-refractivity contribution in [1.82, 2.24) is 0 Å². The molecule has 80 valence electrons. The summed E-state index contributed by atoms with van der Waals surface area (Å²) in [6.07, 6.45) is 1.59. The number of benzene rings is 1. The van der Waals surface area contributed by atoms with Gasteiger partial charge in [-0.15, -0.1) is 11.8 Å². The van der Waals surface area contributed by atoms with Crippen LogP contribution >= 0.6 is 11.8 Å². The number of furan rings is 1. The van der Waals surface area contributed by atoms with Crippen LogP contribution in [0.15, 0.2) is 45.9 Å². The summed E-state index contributed by atoms with van der Waals surface area (Å²) in [5.74, 6) is 0.913. The highest BCUT2D eigenvalue weighted by Gasteiger charge is 2.08. The van der Waals surface area contributed by atoms with Gasteiger partial charge in [-0.2, -0.15) is 5.26 Å². The fourth-order valence-electron chi connectivity index (χ4n) is 1.28. The van der Waals surface area contributed by atoms with Gasteiger partial charge in [0, 0.05) is 4.90 Å². The Kier molecular flexibility index (Phi) is 3.28. The first kappa shape index (κ1) is 10.8. The molecule has 0 fully saturated rings. The van der Waals surface area contributed by atoms with Gasteiger partial charge < -0.3 is 4.42 Å². The molecule has 0 atom stereocenters. The summed E-state index contributed by atoms with van der Waals surface area (Å²) in [5, 5.41) is 8.83. The van der Waals surface area contributed by atoms with Crippen molar-refractivity contribution in [3.8, 4) is 6.07 Å². The third-order valence-corrected chi connectivity index (χ3v) is 3.12. The van der Waals surface area contributed by atoms with Crippen LogP contribution in [-0.4, -0.2) is 0 Å². The molecular weight excluding hydrogens is 225 g/mol. The number of rotatable bonds is 3. The lowest BCUT2D eigenvalue weighted by atomic mass is 10.2. The molecule has 2 aromatic rings. The van der Waals surface area contributed by atoms with Gasteiger partial charge in [0.2, 0.25) is 0 Å². The second kappa shape index (κ2) is 4.86. The number of halogens is 1. The van der Waals surface area contributed by atoms with E-state index in [0.29, 0.717) is 10.6 Å². The second-order valence-corrected chi connectivity index (χ2v) is 4.11. The number of hydrogen-bond donors (Lipinski definition) is 0. The van der Waals surface area contributed by atoms with Gasteiger partial charge in [0.05, 0.1) is 12.0 Å². The molecule has 0 amide bonds. The molecule has 1 heterocycles. The normalized spacial score (nSPS) is 10.0. The van der Waals surface area contributed by atoms with Crippen LogP contribution in [0, 0.1) is 17.1 Å². The van der Waals surface area contributed by atoms with Crippen LogP contribution in [-0.2, 0) is 5.75 Å². The van der Waals surface area contributed by atoms with Crippen LogP contribution in [0.4, 0.5) is 4.39 Å². The minimum absolute atomic E-state index is 0.0963. The van der Waals surface area contributed by atoms with Crippen molar-refractivity contribution < 1.29 is 8.81 Å². The minimum Gasteiger partial charge on any atom is -0.468 e. The topological polar surface area (TPSA) is 36.9 Å². The second-order valence-electron chi connectivity index (χ2n) is 3.09. The molecule has 2 nitrogen and oxygen atoms in total. The van der Waals surface area contributed by atoms with Crippen LogP contribution in [0.1, 0.15) is 11.3 Å². The average molecular weight is 233 g/mol. The SMILES string of the molecule is N#Cc1c(F)cccc1SCc1ccco1. The summed E-state index contributed by atoms with van der Waals surface area (Å²) < 4.78 is 18.4. The molecule has 1 aromatic carbocycles. The van der Waals surface area contributed by atoms with E-state index in [0.717, 1.165) is 5.76 Å². The summed E-state index contributed by atoms with van der Waals surface area (Å²) in [5.41, 5.74) is 0.0963. The molecule has 0 N–H and O–H groups in total.